The van der Waals surface area contributed by atoms with Gasteiger partial charge in [0, 0.05) is 12.6 Å². The predicted molar refractivity (Wildman–Crippen MR) is 80.8 cm³/mol. The van der Waals surface area contributed by atoms with Gasteiger partial charge in [0.15, 0.2) is 0 Å². The molecule has 1 aliphatic heterocycles. The highest BCUT2D eigenvalue weighted by Crippen LogP contribution is 2.25. The minimum absolute atomic E-state index is 0.0720. The van der Waals surface area contributed by atoms with Crippen molar-refractivity contribution in [3.8, 4) is 0 Å². The molecular weight excluding hydrogens is 252 g/mol. The van der Waals surface area contributed by atoms with Crippen LogP contribution in [-0.4, -0.2) is 43.3 Å². The third-order valence-electron chi connectivity index (χ3n) is 4.59. The van der Waals surface area contributed by atoms with E-state index in [1.807, 2.05) is 6.92 Å². The van der Waals surface area contributed by atoms with Crippen molar-refractivity contribution >= 4 is 6.09 Å². The average Bonchev–Trinajstić information content (AvgIpc) is 2.52. The van der Waals surface area contributed by atoms with Crippen LogP contribution in [0, 0.1) is 5.92 Å². The van der Waals surface area contributed by atoms with E-state index in [2.05, 4.69) is 10.2 Å². The molecule has 0 radical (unpaired) electrons. The minimum atomic E-state index is -0.0720. The molecule has 1 amide bonds. The van der Waals surface area contributed by atoms with Crippen molar-refractivity contribution in [2.75, 3.05) is 26.2 Å². The van der Waals surface area contributed by atoms with Crippen molar-refractivity contribution in [2.45, 2.75) is 64.3 Å². The molecule has 20 heavy (non-hydrogen) atoms. The largest absolute Gasteiger partial charge is 0.449 e. The number of carbonyl (C=O) groups excluding carboxylic acids is 1. The van der Waals surface area contributed by atoms with E-state index in [0.29, 0.717) is 18.6 Å². The molecule has 0 aromatic heterocycles. The maximum Gasteiger partial charge on any atom is 0.410 e. The molecule has 1 saturated carbocycles. The van der Waals surface area contributed by atoms with Crippen LogP contribution in [0.4, 0.5) is 4.79 Å². The molecule has 1 N–H and O–H groups in total. The van der Waals surface area contributed by atoms with Crippen LogP contribution in [0.15, 0.2) is 0 Å². The normalized spacial score (nSPS) is 21.6. The van der Waals surface area contributed by atoms with E-state index in [4.69, 9.17) is 4.74 Å². The minimum Gasteiger partial charge on any atom is -0.449 e. The van der Waals surface area contributed by atoms with Gasteiger partial charge in [0.2, 0.25) is 0 Å². The Morgan fingerprint density at radius 1 is 1.15 bits per heavy atom. The highest BCUT2D eigenvalue weighted by molar-refractivity contribution is 5.68. The number of ether oxygens (including phenoxy) is 1. The first-order valence-corrected chi connectivity index (χ1v) is 8.45. The number of nitrogens with zero attached hydrogens (tertiary/aromatic N) is 1. The predicted octanol–water partition coefficient (Wildman–Crippen LogP) is 3.17. The smallest absolute Gasteiger partial charge is 0.410 e. The summed E-state index contributed by atoms with van der Waals surface area (Å²) in [5, 5.41) is 3.40. The van der Waals surface area contributed by atoms with Gasteiger partial charge in [-0.1, -0.05) is 26.2 Å². The van der Waals surface area contributed by atoms with Crippen molar-refractivity contribution in [2.24, 2.45) is 5.92 Å². The molecule has 0 atom stereocenters. The number of hydrogen-bond acceptors (Lipinski definition) is 3. The lowest BCUT2D eigenvalue weighted by atomic mass is 9.92. The Balaban J connectivity index is 1.92. The fraction of sp³-hybridized carbons (Fsp3) is 0.938. The number of carbonyl (C=O) groups is 1. The molecule has 4 nitrogen and oxygen atoms in total. The summed E-state index contributed by atoms with van der Waals surface area (Å²) >= 11 is 0. The summed E-state index contributed by atoms with van der Waals surface area (Å²) in [5.41, 5.74) is 0. The Bertz CT molecular complexity index is 284. The zero-order valence-corrected chi connectivity index (χ0v) is 12.9. The van der Waals surface area contributed by atoms with Crippen LogP contribution in [0.5, 0.6) is 0 Å². The molecule has 0 aromatic carbocycles. The van der Waals surface area contributed by atoms with Crippen LogP contribution in [-0.2, 0) is 4.74 Å². The van der Waals surface area contributed by atoms with Crippen molar-refractivity contribution in [3.63, 3.8) is 0 Å². The summed E-state index contributed by atoms with van der Waals surface area (Å²) in [6.45, 7) is 5.68. The summed E-state index contributed by atoms with van der Waals surface area (Å²) in [4.78, 5) is 14.4. The van der Waals surface area contributed by atoms with E-state index in [1.54, 1.807) is 0 Å². The van der Waals surface area contributed by atoms with E-state index < -0.39 is 0 Å². The van der Waals surface area contributed by atoms with Crippen LogP contribution >= 0.6 is 0 Å². The Morgan fingerprint density at radius 2 is 1.85 bits per heavy atom. The van der Waals surface area contributed by atoms with Gasteiger partial charge in [-0.05, 0) is 51.1 Å². The fourth-order valence-corrected chi connectivity index (χ4v) is 3.38. The second-order valence-electron chi connectivity index (χ2n) is 6.25. The first-order valence-electron chi connectivity index (χ1n) is 8.45. The first-order chi connectivity index (χ1) is 9.81. The topological polar surface area (TPSA) is 41.6 Å². The Morgan fingerprint density at radius 3 is 2.50 bits per heavy atom. The monoisotopic (exact) mass is 282 g/mol. The van der Waals surface area contributed by atoms with Gasteiger partial charge in [0.05, 0.1) is 6.61 Å². The van der Waals surface area contributed by atoms with Crippen molar-refractivity contribution in [3.05, 3.63) is 0 Å². The summed E-state index contributed by atoms with van der Waals surface area (Å²) < 4.78 is 5.42. The van der Waals surface area contributed by atoms with E-state index >= 15 is 0 Å². The van der Waals surface area contributed by atoms with Gasteiger partial charge < -0.3 is 15.0 Å². The highest BCUT2D eigenvalue weighted by atomic mass is 16.6. The van der Waals surface area contributed by atoms with E-state index in [1.165, 1.54) is 32.1 Å². The average molecular weight is 282 g/mol. The van der Waals surface area contributed by atoms with Crippen molar-refractivity contribution < 1.29 is 9.53 Å². The second kappa shape index (κ2) is 8.50. The van der Waals surface area contributed by atoms with E-state index in [0.717, 1.165) is 38.9 Å². The number of amides is 1. The van der Waals surface area contributed by atoms with Crippen molar-refractivity contribution in [1.82, 2.24) is 10.2 Å². The molecule has 0 aromatic rings. The Labute approximate surface area is 123 Å². The molecule has 0 spiro atoms. The Kier molecular flexibility index (Phi) is 6.64. The summed E-state index contributed by atoms with van der Waals surface area (Å²) in [6, 6.07) is 0.419. The highest BCUT2D eigenvalue weighted by Gasteiger charge is 2.29. The number of hydrogen-bond donors (Lipinski definition) is 1. The number of rotatable bonds is 5. The zero-order chi connectivity index (χ0) is 14.2. The number of nitrogens with one attached hydrogen (secondary N) is 1. The zero-order valence-electron chi connectivity index (χ0n) is 12.9. The Hall–Kier alpha value is -0.770. The van der Waals surface area contributed by atoms with Crippen LogP contribution in [0.1, 0.15) is 58.3 Å². The molecule has 2 aliphatic rings. The molecule has 2 rings (SSSR count). The molecule has 4 heteroatoms. The SMILES string of the molecule is CCCOC(=O)N(CC1CCNCC1)C1CCCCC1. The van der Waals surface area contributed by atoms with Gasteiger partial charge in [-0.25, -0.2) is 4.79 Å². The van der Waals surface area contributed by atoms with Gasteiger partial charge in [-0.2, -0.15) is 0 Å². The maximum atomic E-state index is 12.4. The molecule has 1 saturated heterocycles. The van der Waals surface area contributed by atoms with Gasteiger partial charge in [0.25, 0.3) is 0 Å². The summed E-state index contributed by atoms with van der Waals surface area (Å²) in [7, 11) is 0. The standard InChI is InChI=1S/C16H30N2O2/c1-2-12-20-16(19)18(15-6-4-3-5-7-15)13-14-8-10-17-11-9-14/h14-15,17H,2-13H2,1H3. The maximum absolute atomic E-state index is 12.4. The van der Waals surface area contributed by atoms with Crippen LogP contribution < -0.4 is 5.32 Å². The summed E-state index contributed by atoms with van der Waals surface area (Å²) in [5.74, 6) is 0.646. The van der Waals surface area contributed by atoms with Crippen LogP contribution in [0.25, 0.3) is 0 Å². The summed E-state index contributed by atoms with van der Waals surface area (Å²) in [6.07, 6.45) is 9.35. The lowest BCUT2D eigenvalue weighted by Gasteiger charge is -2.37. The lowest BCUT2D eigenvalue weighted by molar-refractivity contribution is 0.0661. The molecule has 116 valence electrons. The molecule has 1 aliphatic carbocycles. The van der Waals surface area contributed by atoms with E-state index in [9.17, 15) is 4.79 Å². The fourth-order valence-electron chi connectivity index (χ4n) is 3.38. The number of piperidine rings is 1. The molecular formula is C16H30N2O2. The van der Waals surface area contributed by atoms with Gasteiger partial charge in [0.1, 0.15) is 0 Å². The van der Waals surface area contributed by atoms with Gasteiger partial charge >= 0.3 is 6.09 Å². The third kappa shape index (κ3) is 4.65. The molecule has 1 heterocycles. The third-order valence-corrected chi connectivity index (χ3v) is 4.59. The van der Waals surface area contributed by atoms with E-state index in [-0.39, 0.29) is 6.09 Å². The molecule has 0 unspecified atom stereocenters. The van der Waals surface area contributed by atoms with Gasteiger partial charge in [-0.15, -0.1) is 0 Å². The quantitative estimate of drug-likeness (QED) is 0.842. The lowest BCUT2D eigenvalue weighted by Crippen LogP contribution is -2.46. The van der Waals surface area contributed by atoms with Crippen molar-refractivity contribution in [1.29, 1.82) is 0 Å². The molecule has 0 bridgehead atoms. The van der Waals surface area contributed by atoms with Gasteiger partial charge in [-0.3, -0.25) is 0 Å². The second-order valence-corrected chi connectivity index (χ2v) is 6.25. The van der Waals surface area contributed by atoms with Crippen LogP contribution in [0.3, 0.4) is 0 Å². The molecule has 2 fully saturated rings. The first kappa shape index (κ1) is 15.6. The van der Waals surface area contributed by atoms with Crippen LogP contribution in [0.2, 0.25) is 0 Å².